The van der Waals surface area contributed by atoms with Crippen molar-refractivity contribution in [3.05, 3.63) is 58.7 Å². The van der Waals surface area contributed by atoms with Crippen molar-refractivity contribution in [2.24, 2.45) is 17.8 Å². The Morgan fingerprint density at radius 3 is 2.28 bits per heavy atom. The zero-order valence-electron chi connectivity index (χ0n) is 19.4. The number of aryl methyl sites for hydroxylation is 1. The largest absolute Gasteiger partial charge is 0.322 e. The molecular formula is C26H34N2O3S. The molecule has 2 aromatic carbocycles. The van der Waals surface area contributed by atoms with Gasteiger partial charge in [-0.15, -0.1) is 0 Å². The molecule has 2 atom stereocenters. The number of nitrogens with one attached hydrogen (secondary N) is 2. The minimum absolute atomic E-state index is 0.0757. The Bertz CT molecular complexity index is 1120. The predicted octanol–water partition coefficient (Wildman–Crippen LogP) is 5.36. The van der Waals surface area contributed by atoms with E-state index in [9.17, 15) is 13.2 Å². The Labute approximate surface area is 192 Å². The standard InChI is InChI=1S/C26H34N2O3S/c1-16-7-5-6-8-22(16)26(29)27-24-13-14-25(18(3)17(24)2)32(30,31)28-19(4)23-15-20-9-11-21(23)12-10-20/h5-8,13-14,19-21,23,28H,9-12,15H2,1-4H3,(H,27,29). The first-order valence-electron chi connectivity index (χ1n) is 11.7. The minimum atomic E-state index is -3.65. The molecule has 2 N–H and O–H groups in total. The number of benzene rings is 2. The van der Waals surface area contributed by atoms with Crippen molar-refractivity contribution in [3.63, 3.8) is 0 Å². The van der Waals surface area contributed by atoms with Gasteiger partial charge in [0, 0.05) is 17.3 Å². The number of carbonyl (C=O) groups excluding carboxylic acids is 1. The van der Waals surface area contributed by atoms with Crippen LogP contribution in [0, 0.1) is 38.5 Å². The molecule has 2 unspecified atom stereocenters. The number of fused-ring (bicyclic) bond motifs is 3. The Balaban J connectivity index is 1.52. The summed E-state index contributed by atoms with van der Waals surface area (Å²) in [4.78, 5) is 13.0. The van der Waals surface area contributed by atoms with E-state index >= 15 is 0 Å². The van der Waals surface area contributed by atoms with Gasteiger partial charge < -0.3 is 5.32 Å². The van der Waals surface area contributed by atoms with Crippen LogP contribution in [0.5, 0.6) is 0 Å². The first kappa shape index (κ1) is 23.0. The van der Waals surface area contributed by atoms with Crippen LogP contribution in [0.1, 0.15) is 66.1 Å². The van der Waals surface area contributed by atoms with Gasteiger partial charge in [0.25, 0.3) is 5.91 Å². The lowest BCUT2D eigenvalue weighted by atomic mass is 9.63. The number of hydrogen-bond donors (Lipinski definition) is 2. The molecule has 5 rings (SSSR count). The van der Waals surface area contributed by atoms with Crippen LogP contribution in [-0.4, -0.2) is 20.4 Å². The first-order valence-corrected chi connectivity index (χ1v) is 13.1. The normalized spacial score (nSPS) is 23.7. The second-order valence-corrected chi connectivity index (χ2v) is 11.4. The Morgan fingerprint density at radius 2 is 1.66 bits per heavy atom. The summed E-state index contributed by atoms with van der Waals surface area (Å²) >= 11 is 0. The number of sulfonamides is 1. The molecule has 3 aliphatic rings. The van der Waals surface area contributed by atoms with Crippen molar-refractivity contribution in [1.29, 1.82) is 0 Å². The van der Waals surface area contributed by atoms with E-state index in [1.54, 1.807) is 25.1 Å². The van der Waals surface area contributed by atoms with Gasteiger partial charge in [-0.3, -0.25) is 4.79 Å². The molecule has 3 aliphatic carbocycles. The van der Waals surface area contributed by atoms with E-state index in [2.05, 4.69) is 10.0 Å². The zero-order chi connectivity index (χ0) is 23.0. The molecule has 32 heavy (non-hydrogen) atoms. The second-order valence-electron chi connectivity index (χ2n) is 9.72. The Kier molecular flexibility index (Phi) is 6.46. The van der Waals surface area contributed by atoms with Gasteiger partial charge in [-0.1, -0.05) is 31.0 Å². The fourth-order valence-corrected chi connectivity index (χ4v) is 7.27. The molecule has 0 radical (unpaired) electrons. The summed E-state index contributed by atoms with van der Waals surface area (Å²) in [5, 5.41) is 2.94. The average Bonchev–Trinajstić information content (AvgIpc) is 2.77. The molecule has 1 amide bonds. The molecule has 2 aromatic rings. The lowest BCUT2D eigenvalue weighted by molar-refractivity contribution is 0.0810. The summed E-state index contributed by atoms with van der Waals surface area (Å²) in [6.07, 6.45) is 6.20. The van der Waals surface area contributed by atoms with Gasteiger partial charge in [0.1, 0.15) is 0 Å². The van der Waals surface area contributed by atoms with E-state index in [4.69, 9.17) is 0 Å². The van der Waals surface area contributed by atoms with Crippen molar-refractivity contribution in [2.75, 3.05) is 5.32 Å². The molecule has 3 saturated carbocycles. The van der Waals surface area contributed by atoms with Crippen molar-refractivity contribution < 1.29 is 13.2 Å². The minimum Gasteiger partial charge on any atom is -0.322 e. The maximum atomic E-state index is 13.3. The van der Waals surface area contributed by atoms with E-state index < -0.39 is 10.0 Å². The first-order chi connectivity index (χ1) is 15.2. The number of hydrogen-bond acceptors (Lipinski definition) is 3. The molecule has 2 bridgehead atoms. The van der Waals surface area contributed by atoms with Gasteiger partial charge >= 0.3 is 0 Å². The second kappa shape index (κ2) is 8.99. The van der Waals surface area contributed by atoms with Crippen LogP contribution in [-0.2, 0) is 10.0 Å². The molecule has 3 fully saturated rings. The lowest BCUT2D eigenvalue weighted by Crippen LogP contribution is -2.45. The Hall–Kier alpha value is -2.18. The molecule has 6 heteroatoms. The number of anilines is 1. The fourth-order valence-electron chi connectivity index (χ4n) is 5.68. The summed E-state index contributed by atoms with van der Waals surface area (Å²) in [7, 11) is -3.65. The number of amides is 1. The lowest BCUT2D eigenvalue weighted by Gasteiger charge is -2.45. The quantitative estimate of drug-likeness (QED) is 0.617. The van der Waals surface area contributed by atoms with Gasteiger partial charge in [0.05, 0.1) is 4.90 Å². The van der Waals surface area contributed by atoms with Crippen LogP contribution in [0.2, 0.25) is 0 Å². The molecule has 5 nitrogen and oxygen atoms in total. The third-order valence-electron chi connectivity index (χ3n) is 7.75. The smallest absolute Gasteiger partial charge is 0.255 e. The summed E-state index contributed by atoms with van der Waals surface area (Å²) < 4.78 is 29.5. The van der Waals surface area contributed by atoms with E-state index in [0.717, 1.165) is 23.5 Å². The highest BCUT2D eigenvalue weighted by atomic mass is 32.2. The molecule has 0 saturated heterocycles. The van der Waals surface area contributed by atoms with Crippen molar-refractivity contribution in [1.82, 2.24) is 4.72 Å². The van der Waals surface area contributed by atoms with Gasteiger partial charge in [-0.2, -0.15) is 0 Å². The van der Waals surface area contributed by atoms with Gasteiger partial charge in [-0.25, -0.2) is 13.1 Å². The van der Waals surface area contributed by atoms with Crippen molar-refractivity contribution >= 4 is 21.6 Å². The molecule has 0 aliphatic heterocycles. The van der Waals surface area contributed by atoms with Crippen LogP contribution < -0.4 is 10.0 Å². The van der Waals surface area contributed by atoms with E-state index in [1.165, 1.54) is 25.7 Å². The summed E-state index contributed by atoms with van der Waals surface area (Å²) in [6, 6.07) is 10.6. The highest BCUT2D eigenvalue weighted by Gasteiger charge is 2.39. The summed E-state index contributed by atoms with van der Waals surface area (Å²) in [5.41, 5.74) is 3.57. The molecular weight excluding hydrogens is 420 g/mol. The summed E-state index contributed by atoms with van der Waals surface area (Å²) in [5.74, 6) is 1.63. The molecule has 0 heterocycles. The maximum Gasteiger partial charge on any atom is 0.255 e. The maximum absolute atomic E-state index is 13.3. The van der Waals surface area contributed by atoms with Crippen molar-refractivity contribution in [3.8, 4) is 0 Å². The van der Waals surface area contributed by atoms with Crippen LogP contribution in [0.15, 0.2) is 41.3 Å². The third-order valence-corrected chi connectivity index (χ3v) is 9.45. The fraction of sp³-hybridized carbons (Fsp3) is 0.500. The number of carbonyl (C=O) groups is 1. The zero-order valence-corrected chi connectivity index (χ0v) is 20.3. The average molecular weight is 455 g/mol. The Morgan fingerprint density at radius 1 is 0.969 bits per heavy atom. The molecule has 0 aromatic heterocycles. The summed E-state index contributed by atoms with van der Waals surface area (Å²) in [6.45, 7) is 7.57. The van der Waals surface area contributed by atoms with E-state index in [-0.39, 0.29) is 16.8 Å². The van der Waals surface area contributed by atoms with E-state index in [0.29, 0.717) is 28.7 Å². The third kappa shape index (κ3) is 4.48. The van der Waals surface area contributed by atoms with Crippen LogP contribution in [0.4, 0.5) is 5.69 Å². The van der Waals surface area contributed by atoms with Gasteiger partial charge in [0.2, 0.25) is 10.0 Å². The van der Waals surface area contributed by atoms with Crippen LogP contribution >= 0.6 is 0 Å². The topological polar surface area (TPSA) is 75.3 Å². The monoisotopic (exact) mass is 454 g/mol. The number of rotatable bonds is 6. The highest BCUT2D eigenvalue weighted by molar-refractivity contribution is 7.89. The van der Waals surface area contributed by atoms with E-state index in [1.807, 2.05) is 39.0 Å². The predicted molar refractivity (Wildman–Crippen MR) is 128 cm³/mol. The van der Waals surface area contributed by atoms with Gasteiger partial charge in [0.15, 0.2) is 0 Å². The molecule has 0 spiro atoms. The SMILES string of the molecule is Cc1ccccc1C(=O)Nc1ccc(S(=O)(=O)NC(C)C2CC3CCC2CC3)c(C)c1C. The van der Waals surface area contributed by atoms with Gasteiger partial charge in [-0.05, 0) is 99.6 Å². The highest BCUT2D eigenvalue weighted by Crippen LogP contribution is 2.46. The van der Waals surface area contributed by atoms with Crippen molar-refractivity contribution in [2.45, 2.75) is 70.7 Å². The molecule has 172 valence electrons. The van der Waals surface area contributed by atoms with Crippen LogP contribution in [0.25, 0.3) is 0 Å². The van der Waals surface area contributed by atoms with Crippen LogP contribution in [0.3, 0.4) is 0 Å².